The fourth-order valence-electron chi connectivity index (χ4n) is 3.68. The second kappa shape index (κ2) is 9.17. The summed E-state index contributed by atoms with van der Waals surface area (Å²) >= 11 is 12.2. The smallest absolute Gasteiger partial charge is 0.166 e. The van der Waals surface area contributed by atoms with Crippen LogP contribution in [0.1, 0.15) is 24.6 Å². The lowest BCUT2D eigenvalue weighted by Crippen LogP contribution is -2.47. The van der Waals surface area contributed by atoms with Crippen LogP contribution in [0.2, 0.25) is 10.0 Å². The summed E-state index contributed by atoms with van der Waals surface area (Å²) in [5.74, 6) is -0.306. The van der Waals surface area contributed by atoms with E-state index in [1.807, 2.05) is 0 Å². The fourth-order valence-corrected chi connectivity index (χ4v) is 4.36. The quantitative estimate of drug-likeness (QED) is 0.500. The number of piperidine rings is 1. The first-order chi connectivity index (χ1) is 15.3. The first kappa shape index (κ1) is 22.7. The molecule has 3 N–H and O–H groups in total. The molecule has 2 aromatic heterocycles. The lowest BCUT2D eigenvalue weighted by atomic mass is 10.0. The summed E-state index contributed by atoms with van der Waals surface area (Å²) in [6, 6.07) is 3.16. The molecule has 32 heavy (non-hydrogen) atoms. The average molecular weight is 486 g/mol. The topological polar surface area (TPSA) is 78.0 Å². The number of nitrogen functional groups attached to an aromatic ring is 1. The van der Waals surface area contributed by atoms with Crippen LogP contribution in [0.25, 0.3) is 11.1 Å². The van der Waals surface area contributed by atoms with Gasteiger partial charge in [-0.05, 0) is 25.1 Å². The zero-order chi connectivity index (χ0) is 23.0. The van der Waals surface area contributed by atoms with Crippen molar-refractivity contribution in [2.24, 2.45) is 0 Å². The summed E-state index contributed by atoms with van der Waals surface area (Å²) in [6.45, 7) is 1.77. The molecule has 1 saturated heterocycles. The van der Waals surface area contributed by atoms with Gasteiger partial charge in [-0.15, -0.1) is 0 Å². The molecule has 4 rings (SSSR count). The van der Waals surface area contributed by atoms with E-state index in [9.17, 15) is 13.2 Å². The second-order valence-electron chi connectivity index (χ2n) is 7.51. The third-order valence-electron chi connectivity index (χ3n) is 5.33. The van der Waals surface area contributed by atoms with E-state index in [2.05, 4.69) is 15.4 Å². The van der Waals surface area contributed by atoms with Crippen molar-refractivity contribution in [2.45, 2.75) is 31.4 Å². The van der Waals surface area contributed by atoms with Crippen LogP contribution in [-0.4, -0.2) is 40.2 Å². The lowest BCUT2D eigenvalue weighted by molar-refractivity contribution is 0.0882. The van der Waals surface area contributed by atoms with E-state index in [1.165, 1.54) is 29.2 Å². The van der Waals surface area contributed by atoms with Gasteiger partial charge < -0.3 is 15.8 Å². The van der Waals surface area contributed by atoms with E-state index < -0.39 is 30.3 Å². The highest BCUT2D eigenvalue weighted by Crippen LogP contribution is 2.37. The molecule has 4 atom stereocenters. The Morgan fingerprint density at radius 3 is 2.62 bits per heavy atom. The zero-order valence-electron chi connectivity index (χ0n) is 16.9. The van der Waals surface area contributed by atoms with Crippen LogP contribution in [0.4, 0.5) is 19.0 Å². The Morgan fingerprint density at radius 2 is 1.91 bits per heavy atom. The Labute approximate surface area is 192 Å². The van der Waals surface area contributed by atoms with Crippen molar-refractivity contribution >= 4 is 29.0 Å². The molecular weight excluding hydrogens is 466 g/mol. The molecule has 0 radical (unpaired) electrons. The minimum Gasteiger partial charge on any atom is -0.482 e. The number of halogens is 5. The molecule has 1 unspecified atom stereocenters. The van der Waals surface area contributed by atoms with E-state index in [4.69, 9.17) is 33.7 Å². The van der Waals surface area contributed by atoms with E-state index in [-0.39, 0.29) is 40.3 Å². The van der Waals surface area contributed by atoms with E-state index in [1.54, 1.807) is 19.2 Å². The zero-order valence-corrected chi connectivity index (χ0v) is 18.4. The van der Waals surface area contributed by atoms with Gasteiger partial charge in [0, 0.05) is 47.2 Å². The highest BCUT2D eigenvalue weighted by atomic mass is 35.5. The van der Waals surface area contributed by atoms with E-state index in [0.717, 1.165) is 0 Å². The molecule has 1 aromatic carbocycles. The minimum atomic E-state index is -1.41. The molecule has 6 nitrogen and oxygen atoms in total. The van der Waals surface area contributed by atoms with Crippen molar-refractivity contribution in [3.05, 3.63) is 58.2 Å². The summed E-state index contributed by atoms with van der Waals surface area (Å²) in [7, 11) is 0. The van der Waals surface area contributed by atoms with Crippen LogP contribution in [0.15, 0.2) is 36.8 Å². The largest absolute Gasteiger partial charge is 0.482 e. The number of aromatic nitrogens is 3. The molecule has 0 saturated carbocycles. The number of hydrogen-bond acceptors (Lipinski definition) is 5. The summed E-state index contributed by atoms with van der Waals surface area (Å²) in [5.41, 5.74) is 7.38. The summed E-state index contributed by atoms with van der Waals surface area (Å²) < 4.78 is 49.6. The number of nitrogens with zero attached hydrogens (tertiary/aromatic N) is 3. The molecule has 0 amide bonds. The van der Waals surface area contributed by atoms with Crippen LogP contribution in [0.5, 0.6) is 5.75 Å². The van der Waals surface area contributed by atoms with Gasteiger partial charge in [0.15, 0.2) is 11.6 Å². The van der Waals surface area contributed by atoms with Crippen LogP contribution < -0.4 is 15.8 Å². The standard InChI is InChI=1S/C21H20Cl2F3N5O/c1-10(18-13(22)2-3-14(24)19(18)23)32-17-4-11(5-29-21(17)27)12-6-30-31(9-12)20-15(25)7-28-8-16(20)26/h2-6,9-10,15-16,20,28H,7-8H2,1H3,(H2,27,29)/t10-,15-,16+,20?/m1/s1. The van der Waals surface area contributed by atoms with Gasteiger partial charge in [-0.3, -0.25) is 4.68 Å². The predicted molar refractivity (Wildman–Crippen MR) is 117 cm³/mol. The molecule has 3 aromatic rings. The lowest BCUT2D eigenvalue weighted by Gasteiger charge is -2.30. The second-order valence-corrected chi connectivity index (χ2v) is 8.30. The maximum Gasteiger partial charge on any atom is 0.166 e. The number of rotatable bonds is 5. The summed E-state index contributed by atoms with van der Waals surface area (Å²) in [5, 5.41) is 6.95. The van der Waals surface area contributed by atoms with Crippen molar-refractivity contribution in [1.29, 1.82) is 0 Å². The molecule has 1 aliphatic heterocycles. The normalized spacial score (nSPS) is 22.0. The molecule has 1 fully saturated rings. The molecule has 3 heterocycles. The molecule has 0 bridgehead atoms. The highest BCUT2D eigenvalue weighted by Gasteiger charge is 2.35. The maximum absolute atomic E-state index is 14.3. The number of alkyl halides is 2. The first-order valence-corrected chi connectivity index (χ1v) is 10.6. The van der Waals surface area contributed by atoms with Crippen LogP contribution in [0.3, 0.4) is 0 Å². The van der Waals surface area contributed by atoms with Gasteiger partial charge in [0.1, 0.15) is 30.3 Å². The van der Waals surface area contributed by atoms with Crippen molar-refractivity contribution in [2.75, 3.05) is 18.8 Å². The van der Waals surface area contributed by atoms with Crippen molar-refractivity contribution < 1.29 is 17.9 Å². The van der Waals surface area contributed by atoms with Crippen LogP contribution >= 0.6 is 23.2 Å². The molecular formula is C21H20Cl2F3N5O. The fraction of sp³-hybridized carbons (Fsp3) is 0.333. The number of nitrogens with two attached hydrogens (primary N) is 1. The number of benzene rings is 1. The van der Waals surface area contributed by atoms with Gasteiger partial charge in [0.25, 0.3) is 0 Å². The van der Waals surface area contributed by atoms with Crippen LogP contribution in [-0.2, 0) is 0 Å². The van der Waals surface area contributed by atoms with Gasteiger partial charge in [0.2, 0.25) is 0 Å². The molecule has 0 aliphatic carbocycles. The Morgan fingerprint density at radius 1 is 1.19 bits per heavy atom. The number of anilines is 1. The predicted octanol–water partition coefficient (Wildman–Crippen LogP) is 4.93. The van der Waals surface area contributed by atoms with Crippen molar-refractivity contribution in [3.63, 3.8) is 0 Å². The van der Waals surface area contributed by atoms with Crippen molar-refractivity contribution in [1.82, 2.24) is 20.1 Å². The highest BCUT2D eigenvalue weighted by molar-refractivity contribution is 6.36. The van der Waals surface area contributed by atoms with Gasteiger partial charge in [-0.1, -0.05) is 23.2 Å². The maximum atomic E-state index is 14.3. The SMILES string of the molecule is C[C@@H](Oc1cc(-c2cnn(C3[C@H](F)CNC[C@@H]3F)c2)cnc1N)c1c(Cl)ccc(F)c1Cl. The Bertz CT molecular complexity index is 1120. The monoisotopic (exact) mass is 485 g/mol. The molecule has 1 aliphatic rings. The van der Waals surface area contributed by atoms with Gasteiger partial charge >= 0.3 is 0 Å². The first-order valence-electron chi connectivity index (χ1n) is 9.85. The van der Waals surface area contributed by atoms with E-state index >= 15 is 0 Å². The summed E-state index contributed by atoms with van der Waals surface area (Å²) in [6.07, 6.45) is 0.992. The summed E-state index contributed by atoms with van der Waals surface area (Å²) in [4.78, 5) is 4.13. The minimum absolute atomic E-state index is 0.0603. The average Bonchev–Trinajstić information content (AvgIpc) is 3.22. The van der Waals surface area contributed by atoms with Gasteiger partial charge in [0.05, 0.1) is 11.2 Å². The van der Waals surface area contributed by atoms with Gasteiger partial charge in [-0.2, -0.15) is 5.10 Å². The Hall–Kier alpha value is -2.49. The number of ether oxygens (including phenoxy) is 1. The van der Waals surface area contributed by atoms with Crippen LogP contribution in [0, 0.1) is 5.82 Å². The molecule has 0 spiro atoms. The Kier molecular flexibility index (Phi) is 6.50. The number of hydrogen-bond donors (Lipinski definition) is 2. The number of nitrogens with one attached hydrogen (secondary N) is 1. The third-order valence-corrected chi connectivity index (χ3v) is 6.05. The van der Waals surface area contributed by atoms with Gasteiger partial charge in [-0.25, -0.2) is 18.2 Å². The third kappa shape index (κ3) is 4.37. The number of pyridine rings is 1. The molecule has 170 valence electrons. The molecule has 11 heteroatoms. The van der Waals surface area contributed by atoms with E-state index in [0.29, 0.717) is 11.1 Å². The van der Waals surface area contributed by atoms with Crippen molar-refractivity contribution in [3.8, 4) is 16.9 Å². The Balaban J connectivity index is 1.60.